The van der Waals surface area contributed by atoms with Crippen LogP contribution in [0.3, 0.4) is 0 Å². The van der Waals surface area contributed by atoms with Crippen LogP contribution in [0.4, 0.5) is 5.82 Å². The second-order valence-corrected chi connectivity index (χ2v) is 7.08. The lowest BCUT2D eigenvalue weighted by Gasteiger charge is -2.32. The normalized spacial score (nSPS) is 23.0. The minimum absolute atomic E-state index is 0.329. The molecule has 132 valence electrons. The molecule has 1 saturated carbocycles. The highest BCUT2D eigenvalue weighted by atomic mass is 16.5. The fourth-order valence-corrected chi connectivity index (χ4v) is 4.26. The summed E-state index contributed by atoms with van der Waals surface area (Å²) in [5.74, 6) is 1.81. The molecule has 5 nitrogen and oxygen atoms in total. The predicted molar refractivity (Wildman–Crippen MR) is 102 cm³/mol. The van der Waals surface area contributed by atoms with Crippen LogP contribution in [-0.4, -0.2) is 40.2 Å². The zero-order valence-electron chi connectivity index (χ0n) is 14.7. The first kappa shape index (κ1) is 15.7. The number of pyridine rings is 1. The molecule has 0 radical (unpaired) electrons. The summed E-state index contributed by atoms with van der Waals surface area (Å²) in [4.78, 5) is 16.4. The molecule has 1 aromatic carbocycles. The van der Waals surface area contributed by atoms with Crippen LogP contribution in [-0.2, 0) is 4.74 Å². The van der Waals surface area contributed by atoms with Gasteiger partial charge in [-0.25, -0.2) is 9.97 Å². The highest BCUT2D eigenvalue weighted by molar-refractivity contribution is 5.91. The van der Waals surface area contributed by atoms with Gasteiger partial charge in [0, 0.05) is 36.5 Å². The second-order valence-electron chi connectivity index (χ2n) is 7.08. The quantitative estimate of drug-likeness (QED) is 0.706. The Labute approximate surface area is 153 Å². The molecule has 1 aliphatic heterocycles. The molecule has 1 saturated heterocycles. The summed E-state index contributed by atoms with van der Waals surface area (Å²) < 4.78 is 6.11. The van der Waals surface area contributed by atoms with Crippen molar-refractivity contribution in [3.05, 3.63) is 48.8 Å². The summed E-state index contributed by atoms with van der Waals surface area (Å²) in [6.45, 7) is 1.83. The highest BCUT2D eigenvalue weighted by Crippen LogP contribution is 2.35. The van der Waals surface area contributed by atoms with E-state index in [4.69, 9.17) is 14.7 Å². The highest BCUT2D eigenvalue weighted by Gasteiger charge is 2.36. The third-order valence-electron chi connectivity index (χ3n) is 5.49. The molecule has 2 aromatic heterocycles. The number of anilines is 1. The van der Waals surface area contributed by atoms with E-state index in [-0.39, 0.29) is 0 Å². The van der Waals surface area contributed by atoms with Crippen LogP contribution < -0.4 is 4.90 Å². The van der Waals surface area contributed by atoms with Crippen molar-refractivity contribution in [3.8, 4) is 11.4 Å². The van der Waals surface area contributed by atoms with Crippen LogP contribution in [0.1, 0.15) is 25.7 Å². The number of rotatable bonds is 2. The van der Waals surface area contributed by atoms with E-state index in [1.807, 2.05) is 18.2 Å². The first-order valence-electron chi connectivity index (χ1n) is 9.45. The van der Waals surface area contributed by atoms with Crippen LogP contribution in [0.15, 0.2) is 48.8 Å². The number of fused-ring (bicyclic) bond motifs is 2. The minimum atomic E-state index is 0.329. The van der Waals surface area contributed by atoms with Gasteiger partial charge in [-0.15, -0.1) is 0 Å². The SMILES string of the molecule is c1ccc2c(N3CCCO[C@H]4CCC[C@@H]43)nc(-c3ccncc3)nc2c1. The molecule has 5 rings (SSSR count). The average Bonchev–Trinajstić information content (AvgIpc) is 3.07. The summed E-state index contributed by atoms with van der Waals surface area (Å²) in [6.07, 6.45) is 8.51. The van der Waals surface area contributed by atoms with Crippen molar-refractivity contribution < 1.29 is 4.74 Å². The Morgan fingerprint density at radius 3 is 2.77 bits per heavy atom. The van der Waals surface area contributed by atoms with E-state index >= 15 is 0 Å². The molecule has 0 amide bonds. The summed E-state index contributed by atoms with van der Waals surface area (Å²) in [5, 5.41) is 1.12. The number of nitrogens with zero attached hydrogens (tertiary/aromatic N) is 4. The molecule has 0 N–H and O–H groups in total. The Morgan fingerprint density at radius 2 is 1.85 bits per heavy atom. The van der Waals surface area contributed by atoms with Crippen LogP contribution in [0.25, 0.3) is 22.3 Å². The van der Waals surface area contributed by atoms with E-state index in [0.717, 1.165) is 54.1 Å². The van der Waals surface area contributed by atoms with Gasteiger partial charge in [-0.2, -0.15) is 0 Å². The van der Waals surface area contributed by atoms with Crippen LogP contribution in [0.5, 0.6) is 0 Å². The maximum atomic E-state index is 6.11. The van der Waals surface area contributed by atoms with Crippen LogP contribution in [0.2, 0.25) is 0 Å². The standard InChI is InChI=1S/C21H22N4O/c1-2-6-17-16(5-1)21(24-20(23-17)15-9-11-22-12-10-15)25-13-4-14-26-19-8-3-7-18(19)25/h1-2,5-6,9-12,18-19H,3-4,7-8,13-14H2/t18-,19-/m0/s1. The second kappa shape index (κ2) is 6.65. The van der Waals surface area contributed by atoms with E-state index in [0.29, 0.717) is 12.1 Å². The van der Waals surface area contributed by atoms with Crippen molar-refractivity contribution in [2.24, 2.45) is 0 Å². The number of hydrogen-bond acceptors (Lipinski definition) is 5. The third kappa shape index (κ3) is 2.72. The molecule has 3 heterocycles. The molecule has 0 unspecified atom stereocenters. The summed E-state index contributed by atoms with van der Waals surface area (Å²) in [7, 11) is 0. The monoisotopic (exact) mass is 346 g/mol. The Kier molecular flexibility index (Phi) is 4.02. The lowest BCUT2D eigenvalue weighted by atomic mass is 10.1. The summed E-state index contributed by atoms with van der Waals surface area (Å²) in [5.41, 5.74) is 1.99. The zero-order valence-corrected chi connectivity index (χ0v) is 14.7. The van der Waals surface area contributed by atoms with Crippen LogP contribution in [0, 0.1) is 0 Å². The number of aromatic nitrogens is 3. The molecule has 5 heteroatoms. The topological polar surface area (TPSA) is 51.1 Å². The van der Waals surface area contributed by atoms with E-state index in [1.165, 1.54) is 12.8 Å². The molecule has 0 bridgehead atoms. The number of benzene rings is 1. The van der Waals surface area contributed by atoms with Gasteiger partial charge in [0.15, 0.2) is 5.82 Å². The number of para-hydroxylation sites is 1. The van der Waals surface area contributed by atoms with E-state index in [2.05, 4.69) is 28.1 Å². The van der Waals surface area contributed by atoms with Gasteiger partial charge in [0.05, 0.1) is 17.7 Å². The fraction of sp³-hybridized carbons (Fsp3) is 0.381. The van der Waals surface area contributed by atoms with Crippen LogP contribution >= 0.6 is 0 Å². The zero-order chi connectivity index (χ0) is 17.3. The first-order chi connectivity index (χ1) is 12.9. The lowest BCUT2D eigenvalue weighted by Crippen LogP contribution is -2.40. The molecular formula is C21H22N4O. The van der Waals surface area contributed by atoms with Crippen molar-refractivity contribution >= 4 is 16.7 Å². The largest absolute Gasteiger partial charge is 0.376 e. The fourth-order valence-electron chi connectivity index (χ4n) is 4.26. The van der Waals surface area contributed by atoms with Gasteiger partial charge in [-0.1, -0.05) is 12.1 Å². The summed E-state index contributed by atoms with van der Waals surface area (Å²) >= 11 is 0. The predicted octanol–water partition coefficient (Wildman–Crippen LogP) is 3.84. The van der Waals surface area contributed by atoms with E-state index in [1.54, 1.807) is 12.4 Å². The van der Waals surface area contributed by atoms with Gasteiger partial charge in [-0.3, -0.25) is 4.98 Å². The van der Waals surface area contributed by atoms with Crippen molar-refractivity contribution in [1.82, 2.24) is 15.0 Å². The maximum absolute atomic E-state index is 6.11. The van der Waals surface area contributed by atoms with Gasteiger partial charge in [0.1, 0.15) is 5.82 Å². The Hall–Kier alpha value is -2.53. The van der Waals surface area contributed by atoms with Crippen molar-refractivity contribution in [3.63, 3.8) is 0 Å². The molecule has 1 aliphatic carbocycles. The van der Waals surface area contributed by atoms with Gasteiger partial charge in [0.25, 0.3) is 0 Å². The number of ether oxygens (including phenoxy) is 1. The molecule has 2 fully saturated rings. The molecule has 2 aliphatic rings. The average molecular weight is 346 g/mol. The molecule has 2 atom stereocenters. The Balaban J connectivity index is 1.68. The van der Waals surface area contributed by atoms with Crippen molar-refractivity contribution in [2.75, 3.05) is 18.1 Å². The van der Waals surface area contributed by atoms with Crippen molar-refractivity contribution in [2.45, 2.75) is 37.8 Å². The molecule has 0 spiro atoms. The molecule has 26 heavy (non-hydrogen) atoms. The van der Waals surface area contributed by atoms with E-state index in [9.17, 15) is 0 Å². The maximum Gasteiger partial charge on any atom is 0.162 e. The van der Waals surface area contributed by atoms with E-state index < -0.39 is 0 Å². The summed E-state index contributed by atoms with van der Waals surface area (Å²) in [6, 6.07) is 12.7. The van der Waals surface area contributed by atoms with Crippen molar-refractivity contribution in [1.29, 1.82) is 0 Å². The van der Waals surface area contributed by atoms with Gasteiger partial charge in [0.2, 0.25) is 0 Å². The third-order valence-corrected chi connectivity index (χ3v) is 5.49. The smallest absolute Gasteiger partial charge is 0.162 e. The Morgan fingerprint density at radius 1 is 0.962 bits per heavy atom. The van der Waals surface area contributed by atoms with Gasteiger partial charge >= 0.3 is 0 Å². The molecular weight excluding hydrogens is 324 g/mol. The lowest BCUT2D eigenvalue weighted by molar-refractivity contribution is 0.0591. The van der Waals surface area contributed by atoms with Gasteiger partial charge in [-0.05, 0) is 49.9 Å². The minimum Gasteiger partial charge on any atom is -0.376 e. The molecule has 3 aromatic rings. The number of hydrogen-bond donors (Lipinski definition) is 0. The van der Waals surface area contributed by atoms with Gasteiger partial charge < -0.3 is 9.64 Å². The first-order valence-corrected chi connectivity index (χ1v) is 9.45. The Bertz CT molecular complexity index is 914.